The smallest absolute Gasteiger partial charge is 0.311 e. The van der Waals surface area contributed by atoms with Gasteiger partial charge in [-0.05, 0) is 6.08 Å². The van der Waals surface area contributed by atoms with Crippen LogP contribution in [-0.4, -0.2) is 24.9 Å². The predicted octanol–water partition coefficient (Wildman–Crippen LogP) is 0.260. The second kappa shape index (κ2) is 6.75. The van der Waals surface area contributed by atoms with Crippen LogP contribution in [0.4, 0.5) is 0 Å². The molecule has 84 valence electrons. The summed E-state index contributed by atoms with van der Waals surface area (Å²) >= 11 is 0. The van der Waals surface area contributed by atoms with Crippen LogP contribution in [0.1, 0.15) is 13.8 Å². The maximum absolute atomic E-state index is 11.3. The van der Waals surface area contributed by atoms with Crippen LogP contribution < -0.4 is 5.32 Å². The molecular weight excluding hydrogens is 198 g/mol. The van der Waals surface area contributed by atoms with Gasteiger partial charge in [-0.2, -0.15) is 0 Å². The van der Waals surface area contributed by atoms with E-state index in [9.17, 15) is 14.4 Å². The van der Waals surface area contributed by atoms with E-state index in [1.165, 1.54) is 0 Å². The van der Waals surface area contributed by atoms with E-state index in [1.807, 2.05) is 0 Å². The number of carbonyl (C=O) groups is 3. The molecule has 0 aliphatic rings. The Morgan fingerprint density at radius 1 is 1.47 bits per heavy atom. The van der Waals surface area contributed by atoms with Crippen molar-refractivity contribution in [1.82, 2.24) is 5.32 Å². The van der Waals surface area contributed by atoms with Crippen LogP contribution in [0, 0.1) is 11.8 Å². The first-order chi connectivity index (χ1) is 7.02. The number of rotatable bonds is 6. The maximum Gasteiger partial charge on any atom is 0.311 e. The molecule has 5 heteroatoms. The number of esters is 1. The molecule has 0 fully saturated rings. The molecule has 0 aromatic carbocycles. The summed E-state index contributed by atoms with van der Waals surface area (Å²) in [5.74, 6) is -1.84. The molecule has 0 saturated heterocycles. The van der Waals surface area contributed by atoms with E-state index in [1.54, 1.807) is 13.8 Å². The van der Waals surface area contributed by atoms with Crippen molar-refractivity contribution in [3.8, 4) is 0 Å². The molecule has 15 heavy (non-hydrogen) atoms. The van der Waals surface area contributed by atoms with Gasteiger partial charge in [-0.1, -0.05) is 20.4 Å². The zero-order valence-electron chi connectivity index (χ0n) is 8.86. The average molecular weight is 213 g/mol. The van der Waals surface area contributed by atoms with Crippen LogP contribution in [0.2, 0.25) is 0 Å². The van der Waals surface area contributed by atoms with E-state index in [4.69, 9.17) is 4.74 Å². The SMILES string of the molecule is C=CC(=O)NCOC(=O)C(C)C(C)C=O. The summed E-state index contributed by atoms with van der Waals surface area (Å²) < 4.78 is 4.72. The first kappa shape index (κ1) is 13.4. The first-order valence-corrected chi connectivity index (χ1v) is 4.55. The first-order valence-electron chi connectivity index (χ1n) is 4.55. The lowest BCUT2D eigenvalue weighted by atomic mass is 9.98. The third kappa shape index (κ3) is 4.95. The van der Waals surface area contributed by atoms with Gasteiger partial charge >= 0.3 is 5.97 Å². The Bertz CT molecular complexity index is 262. The summed E-state index contributed by atoms with van der Waals surface area (Å²) in [6.45, 7) is 6.25. The quantitative estimate of drug-likeness (QED) is 0.297. The molecule has 0 spiro atoms. The Hall–Kier alpha value is -1.65. The lowest BCUT2D eigenvalue weighted by molar-refractivity contribution is -0.151. The maximum atomic E-state index is 11.3. The van der Waals surface area contributed by atoms with Crippen molar-refractivity contribution in [2.45, 2.75) is 13.8 Å². The molecule has 5 nitrogen and oxygen atoms in total. The molecule has 0 heterocycles. The lowest BCUT2D eigenvalue weighted by Gasteiger charge is -2.13. The van der Waals surface area contributed by atoms with Gasteiger partial charge in [-0.25, -0.2) is 0 Å². The zero-order chi connectivity index (χ0) is 11.8. The molecule has 0 bridgehead atoms. The second-order valence-electron chi connectivity index (χ2n) is 3.14. The number of hydrogen-bond donors (Lipinski definition) is 1. The summed E-state index contributed by atoms with van der Waals surface area (Å²) in [5.41, 5.74) is 0. The van der Waals surface area contributed by atoms with E-state index >= 15 is 0 Å². The number of amides is 1. The van der Waals surface area contributed by atoms with Crippen LogP contribution in [-0.2, 0) is 19.1 Å². The predicted molar refractivity (Wildman–Crippen MR) is 53.7 cm³/mol. The molecule has 0 aliphatic heterocycles. The molecule has 0 aliphatic carbocycles. The summed E-state index contributed by atoms with van der Waals surface area (Å²) in [6, 6.07) is 0. The second-order valence-corrected chi connectivity index (χ2v) is 3.14. The van der Waals surface area contributed by atoms with Gasteiger partial charge in [0, 0.05) is 5.92 Å². The molecule has 2 unspecified atom stereocenters. The molecule has 0 radical (unpaired) electrons. The van der Waals surface area contributed by atoms with Gasteiger partial charge in [0.2, 0.25) is 5.91 Å². The fourth-order valence-corrected chi connectivity index (χ4v) is 0.714. The number of hydrogen-bond acceptors (Lipinski definition) is 4. The zero-order valence-corrected chi connectivity index (χ0v) is 8.86. The van der Waals surface area contributed by atoms with E-state index in [2.05, 4.69) is 11.9 Å². The molecule has 0 aromatic heterocycles. The van der Waals surface area contributed by atoms with Gasteiger partial charge in [0.15, 0.2) is 6.73 Å². The van der Waals surface area contributed by atoms with Crippen molar-refractivity contribution in [1.29, 1.82) is 0 Å². The Morgan fingerprint density at radius 3 is 2.53 bits per heavy atom. The fourth-order valence-electron chi connectivity index (χ4n) is 0.714. The van der Waals surface area contributed by atoms with Crippen LogP contribution in [0.15, 0.2) is 12.7 Å². The minimum Gasteiger partial charge on any atom is -0.444 e. The standard InChI is InChI=1S/C10H15NO4/c1-4-9(13)11-6-15-10(14)8(3)7(2)5-12/h4-5,7-8H,1,6H2,2-3H3,(H,11,13). The Kier molecular flexibility index (Phi) is 6.01. The van der Waals surface area contributed by atoms with Crippen molar-refractivity contribution in [3.63, 3.8) is 0 Å². The highest BCUT2D eigenvalue weighted by molar-refractivity contribution is 5.86. The van der Waals surface area contributed by atoms with Crippen LogP contribution in [0.3, 0.4) is 0 Å². The number of aldehydes is 1. The Balaban J connectivity index is 3.88. The average Bonchev–Trinajstić information content (AvgIpc) is 2.26. The summed E-state index contributed by atoms with van der Waals surface area (Å²) in [5, 5.41) is 2.29. The van der Waals surface area contributed by atoms with Crippen LogP contribution in [0.5, 0.6) is 0 Å². The minimum atomic E-state index is -0.515. The number of carbonyl (C=O) groups excluding carboxylic acids is 3. The molecule has 1 N–H and O–H groups in total. The third-order valence-electron chi connectivity index (χ3n) is 2.02. The van der Waals surface area contributed by atoms with Gasteiger partial charge in [-0.15, -0.1) is 0 Å². The topological polar surface area (TPSA) is 72.5 Å². The highest BCUT2D eigenvalue weighted by Crippen LogP contribution is 2.09. The van der Waals surface area contributed by atoms with E-state index < -0.39 is 23.7 Å². The van der Waals surface area contributed by atoms with Gasteiger partial charge < -0.3 is 14.8 Å². The van der Waals surface area contributed by atoms with Crippen LogP contribution in [0.25, 0.3) is 0 Å². The highest BCUT2D eigenvalue weighted by Gasteiger charge is 2.20. The van der Waals surface area contributed by atoms with Gasteiger partial charge in [0.25, 0.3) is 0 Å². The summed E-state index contributed by atoms with van der Waals surface area (Å²) in [4.78, 5) is 32.3. The lowest BCUT2D eigenvalue weighted by Crippen LogP contribution is -2.29. The van der Waals surface area contributed by atoms with Crippen molar-refractivity contribution >= 4 is 18.2 Å². The number of ether oxygens (including phenoxy) is 1. The largest absolute Gasteiger partial charge is 0.444 e. The van der Waals surface area contributed by atoms with Crippen molar-refractivity contribution < 1.29 is 19.1 Å². The Morgan fingerprint density at radius 2 is 2.07 bits per heavy atom. The van der Waals surface area contributed by atoms with Crippen molar-refractivity contribution in [3.05, 3.63) is 12.7 Å². The number of nitrogens with one attached hydrogen (secondary N) is 1. The van der Waals surface area contributed by atoms with Crippen molar-refractivity contribution in [2.75, 3.05) is 6.73 Å². The van der Waals surface area contributed by atoms with Gasteiger partial charge in [-0.3, -0.25) is 9.59 Å². The van der Waals surface area contributed by atoms with E-state index in [0.29, 0.717) is 6.29 Å². The molecule has 0 saturated carbocycles. The fraction of sp³-hybridized carbons (Fsp3) is 0.500. The van der Waals surface area contributed by atoms with Gasteiger partial charge in [0.05, 0.1) is 5.92 Å². The van der Waals surface area contributed by atoms with Crippen molar-refractivity contribution in [2.24, 2.45) is 11.8 Å². The summed E-state index contributed by atoms with van der Waals surface area (Å²) in [7, 11) is 0. The highest BCUT2D eigenvalue weighted by atomic mass is 16.5. The normalized spacial score (nSPS) is 13.5. The third-order valence-corrected chi connectivity index (χ3v) is 2.02. The summed E-state index contributed by atoms with van der Waals surface area (Å²) in [6.07, 6.45) is 1.76. The van der Waals surface area contributed by atoms with E-state index in [0.717, 1.165) is 6.08 Å². The molecule has 0 rings (SSSR count). The molecular formula is C10H15NO4. The monoisotopic (exact) mass is 213 g/mol. The Labute approximate surface area is 88.5 Å². The molecule has 2 atom stereocenters. The molecule has 0 aromatic rings. The molecule has 1 amide bonds. The van der Waals surface area contributed by atoms with Crippen LogP contribution >= 0.6 is 0 Å². The van der Waals surface area contributed by atoms with Gasteiger partial charge in [0.1, 0.15) is 6.29 Å². The van der Waals surface area contributed by atoms with E-state index in [-0.39, 0.29) is 6.73 Å². The minimum absolute atomic E-state index is 0.209.